The van der Waals surface area contributed by atoms with Gasteiger partial charge in [-0.15, -0.1) is 0 Å². The molecule has 1 aliphatic heterocycles. The number of halogens is 3. The number of carbonyl (C=O) groups excluding carboxylic acids is 2. The Morgan fingerprint density at radius 1 is 1.27 bits per heavy atom. The second kappa shape index (κ2) is 6.37. The molecule has 2 rings (SSSR count). The van der Waals surface area contributed by atoms with E-state index in [9.17, 15) is 22.8 Å². The average molecular weight is 315 g/mol. The highest BCUT2D eigenvalue weighted by atomic mass is 19.4. The van der Waals surface area contributed by atoms with Crippen molar-refractivity contribution < 1.29 is 27.5 Å². The second-order valence-corrected chi connectivity index (χ2v) is 4.90. The fourth-order valence-electron chi connectivity index (χ4n) is 2.54. The second-order valence-electron chi connectivity index (χ2n) is 4.90. The van der Waals surface area contributed by atoms with Crippen molar-refractivity contribution in [1.29, 1.82) is 0 Å². The minimum absolute atomic E-state index is 0.0720. The molecule has 1 aromatic rings. The largest absolute Gasteiger partial charge is 0.466 e. The molecule has 0 spiro atoms. The molecule has 0 fully saturated rings. The van der Waals surface area contributed by atoms with Gasteiger partial charge in [0.05, 0.1) is 18.6 Å². The zero-order valence-corrected chi connectivity index (χ0v) is 12.1. The predicted molar refractivity (Wildman–Crippen MR) is 73.4 cm³/mol. The first-order valence-corrected chi connectivity index (χ1v) is 6.99. The Morgan fingerprint density at radius 3 is 2.64 bits per heavy atom. The van der Waals surface area contributed by atoms with Crippen LogP contribution in [0.15, 0.2) is 18.2 Å². The molecule has 0 aliphatic carbocycles. The van der Waals surface area contributed by atoms with E-state index in [-0.39, 0.29) is 49.6 Å². The molecule has 0 saturated heterocycles. The Bertz CT molecular complexity index is 584. The lowest BCUT2D eigenvalue weighted by atomic mass is 10.0. The van der Waals surface area contributed by atoms with Gasteiger partial charge < -0.3 is 9.64 Å². The van der Waals surface area contributed by atoms with Crippen molar-refractivity contribution in [2.45, 2.75) is 32.4 Å². The third-order valence-corrected chi connectivity index (χ3v) is 3.48. The highest BCUT2D eigenvalue weighted by molar-refractivity contribution is 5.97. The summed E-state index contributed by atoms with van der Waals surface area (Å²) >= 11 is 0. The van der Waals surface area contributed by atoms with Crippen LogP contribution >= 0.6 is 0 Å². The summed E-state index contributed by atoms with van der Waals surface area (Å²) in [4.78, 5) is 24.7. The first kappa shape index (κ1) is 16.3. The summed E-state index contributed by atoms with van der Waals surface area (Å²) in [5.74, 6) is -0.856. The van der Waals surface area contributed by atoms with Gasteiger partial charge in [0.25, 0.3) is 0 Å². The van der Waals surface area contributed by atoms with Crippen LogP contribution in [0, 0.1) is 0 Å². The molecule has 0 aromatic heterocycles. The number of ether oxygens (including phenoxy) is 1. The van der Waals surface area contributed by atoms with Gasteiger partial charge in [-0.25, -0.2) is 0 Å². The standard InChI is InChI=1S/C15H16F3NO3/c1-2-22-14(21)7-6-13(20)19-9-8-10-11(15(16,17)18)4-3-5-12(10)19/h3-5H,2,6-9H2,1H3. The van der Waals surface area contributed by atoms with E-state index in [1.54, 1.807) is 6.92 Å². The van der Waals surface area contributed by atoms with E-state index in [4.69, 9.17) is 4.74 Å². The minimum Gasteiger partial charge on any atom is -0.466 e. The smallest absolute Gasteiger partial charge is 0.416 e. The van der Waals surface area contributed by atoms with E-state index in [0.717, 1.165) is 6.07 Å². The van der Waals surface area contributed by atoms with Crippen LogP contribution in [0.2, 0.25) is 0 Å². The summed E-state index contributed by atoms with van der Waals surface area (Å²) in [6, 6.07) is 3.81. The number of amides is 1. The van der Waals surface area contributed by atoms with Gasteiger partial charge in [0, 0.05) is 18.7 Å². The van der Waals surface area contributed by atoms with E-state index < -0.39 is 17.7 Å². The number of benzene rings is 1. The van der Waals surface area contributed by atoms with E-state index in [1.807, 2.05) is 0 Å². The van der Waals surface area contributed by atoms with Crippen molar-refractivity contribution in [1.82, 2.24) is 0 Å². The van der Waals surface area contributed by atoms with Crippen molar-refractivity contribution in [2.24, 2.45) is 0 Å². The van der Waals surface area contributed by atoms with Gasteiger partial charge in [0.2, 0.25) is 5.91 Å². The average Bonchev–Trinajstić information content (AvgIpc) is 2.87. The lowest BCUT2D eigenvalue weighted by Gasteiger charge is -2.18. The van der Waals surface area contributed by atoms with Crippen LogP contribution in [-0.2, 0) is 26.9 Å². The molecule has 120 valence electrons. The molecule has 1 amide bonds. The van der Waals surface area contributed by atoms with Crippen molar-refractivity contribution in [3.8, 4) is 0 Å². The van der Waals surface area contributed by atoms with Gasteiger partial charge in [-0.05, 0) is 31.0 Å². The fourth-order valence-corrected chi connectivity index (χ4v) is 2.54. The molecule has 1 heterocycles. The van der Waals surface area contributed by atoms with E-state index in [0.29, 0.717) is 0 Å². The van der Waals surface area contributed by atoms with Gasteiger partial charge in [0.1, 0.15) is 0 Å². The van der Waals surface area contributed by atoms with Crippen molar-refractivity contribution in [3.63, 3.8) is 0 Å². The van der Waals surface area contributed by atoms with Gasteiger partial charge in [-0.2, -0.15) is 13.2 Å². The van der Waals surface area contributed by atoms with E-state index in [2.05, 4.69) is 0 Å². The molecule has 22 heavy (non-hydrogen) atoms. The molecule has 0 atom stereocenters. The van der Waals surface area contributed by atoms with E-state index in [1.165, 1.54) is 17.0 Å². The number of carbonyl (C=O) groups is 2. The first-order valence-electron chi connectivity index (χ1n) is 6.99. The fraction of sp³-hybridized carbons (Fsp3) is 0.467. The first-order chi connectivity index (χ1) is 10.3. The van der Waals surface area contributed by atoms with Gasteiger partial charge in [-0.1, -0.05) is 6.07 Å². The number of anilines is 1. The molecule has 0 N–H and O–H groups in total. The van der Waals surface area contributed by atoms with Gasteiger partial charge in [0.15, 0.2) is 0 Å². The molecule has 0 saturated carbocycles. The summed E-state index contributed by atoms with van der Waals surface area (Å²) in [5.41, 5.74) is -0.283. The third kappa shape index (κ3) is 3.40. The quantitative estimate of drug-likeness (QED) is 0.803. The maximum atomic E-state index is 12.9. The lowest BCUT2D eigenvalue weighted by molar-refractivity contribution is -0.144. The van der Waals surface area contributed by atoms with Crippen LogP contribution in [0.3, 0.4) is 0 Å². The van der Waals surface area contributed by atoms with Crippen LogP contribution in [0.5, 0.6) is 0 Å². The molecule has 0 radical (unpaired) electrons. The SMILES string of the molecule is CCOC(=O)CCC(=O)N1CCc2c1cccc2C(F)(F)F. The van der Waals surface area contributed by atoms with E-state index >= 15 is 0 Å². The zero-order chi connectivity index (χ0) is 16.3. The zero-order valence-electron chi connectivity index (χ0n) is 12.1. The predicted octanol–water partition coefficient (Wildman–Crippen LogP) is 2.94. The molecule has 7 heteroatoms. The van der Waals surface area contributed by atoms with Crippen LogP contribution in [0.1, 0.15) is 30.9 Å². The molecular formula is C15H16F3NO3. The molecule has 1 aliphatic rings. The number of nitrogens with zero attached hydrogens (tertiary/aromatic N) is 1. The Balaban J connectivity index is 2.12. The Morgan fingerprint density at radius 2 is 2.00 bits per heavy atom. The number of esters is 1. The van der Waals surface area contributed by atoms with Crippen LogP contribution in [-0.4, -0.2) is 25.0 Å². The van der Waals surface area contributed by atoms with Gasteiger partial charge in [-0.3, -0.25) is 9.59 Å². The highest BCUT2D eigenvalue weighted by Gasteiger charge is 2.37. The van der Waals surface area contributed by atoms with Gasteiger partial charge >= 0.3 is 12.1 Å². The molecule has 0 bridgehead atoms. The number of rotatable bonds is 4. The van der Waals surface area contributed by atoms with Crippen molar-refractivity contribution in [3.05, 3.63) is 29.3 Å². The topological polar surface area (TPSA) is 46.6 Å². The number of fused-ring (bicyclic) bond motifs is 1. The molecule has 4 nitrogen and oxygen atoms in total. The third-order valence-electron chi connectivity index (χ3n) is 3.48. The highest BCUT2D eigenvalue weighted by Crippen LogP contribution is 2.39. The van der Waals surface area contributed by atoms with Crippen LogP contribution in [0.4, 0.5) is 18.9 Å². The van der Waals surface area contributed by atoms with Crippen molar-refractivity contribution >= 4 is 17.6 Å². The number of hydrogen-bond donors (Lipinski definition) is 0. The molecular weight excluding hydrogens is 299 g/mol. The Kier molecular flexibility index (Phi) is 4.73. The number of alkyl halides is 3. The summed E-state index contributed by atoms with van der Waals surface area (Å²) in [5, 5.41) is 0. The van der Waals surface area contributed by atoms with Crippen LogP contribution in [0.25, 0.3) is 0 Å². The maximum absolute atomic E-state index is 12.9. The number of hydrogen-bond acceptors (Lipinski definition) is 3. The minimum atomic E-state index is -4.44. The van der Waals surface area contributed by atoms with Crippen molar-refractivity contribution in [2.75, 3.05) is 18.1 Å². The summed E-state index contributed by atoms with van der Waals surface area (Å²) in [7, 11) is 0. The monoisotopic (exact) mass is 315 g/mol. The maximum Gasteiger partial charge on any atom is 0.416 e. The van der Waals surface area contributed by atoms with Crippen LogP contribution < -0.4 is 4.90 Å². The molecule has 1 aromatic carbocycles. The summed E-state index contributed by atoms with van der Waals surface area (Å²) in [6.07, 6.45) is -4.42. The summed E-state index contributed by atoms with van der Waals surface area (Å²) in [6.45, 7) is 2.09. The normalized spacial score (nSPS) is 13.9. The molecule has 0 unspecified atom stereocenters. The Labute approximate surface area is 125 Å². The summed E-state index contributed by atoms with van der Waals surface area (Å²) < 4.78 is 43.6. The Hall–Kier alpha value is -2.05. The lowest BCUT2D eigenvalue weighted by Crippen LogP contribution is -2.29.